The van der Waals surface area contributed by atoms with E-state index in [2.05, 4.69) is 35.8 Å². The highest BCUT2D eigenvalue weighted by Crippen LogP contribution is 2.43. The van der Waals surface area contributed by atoms with Crippen LogP contribution in [0, 0.1) is 0 Å². The van der Waals surface area contributed by atoms with Gasteiger partial charge >= 0.3 is 19.8 Å². The van der Waals surface area contributed by atoms with E-state index >= 15 is 0 Å². The molecule has 0 aromatic carbocycles. The molecule has 0 rings (SSSR count). The molecule has 0 saturated heterocycles. The number of hydrogen-bond acceptors (Lipinski definition) is 8. The Balaban J connectivity index is 4.05. The second-order valence-electron chi connectivity index (χ2n) is 11.0. The average molecular weight is 636 g/mol. The number of esters is 1. The summed E-state index contributed by atoms with van der Waals surface area (Å²) in [7, 11) is -4.73. The van der Waals surface area contributed by atoms with Crippen LogP contribution in [0.2, 0.25) is 0 Å². The number of carbonyl (C=O) groups excluding carboxylic acids is 2. The highest BCUT2D eigenvalue weighted by Gasteiger charge is 2.28. The van der Waals surface area contributed by atoms with Crippen molar-refractivity contribution in [3.63, 3.8) is 0 Å². The summed E-state index contributed by atoms with van der Waals surface area (Å²) in [5, 5.41) is 21.5. The zero-order valence-electron chi connectivity index (χ0n) is 26.5. The maximum Gasteiger partial charge on any atom is 0.472 e. The number of phosphoric ester groups is 1. The van der Waals surface area contributed by atoms with Crippen LogP contribution < -0.4 is 5.32 Å². The fraction of sp³-hybridized carbons (Fsp3) is 0.839. The number of aliphatic carboxylic acids is 1. The van der Waals surface area contributed by atoms with Crippen molar-refractivity contribution in [2.75, 3.05) is 19.8 Å². The van der Waals surface area contributed by atoms with Crippen molar-refractivity contribution in [1.82, 2.24) is 5.32 Å². The van der Waals surface area contributed by atoms with Gasteiger partial charge in [0.1, 0.15) is 12.7 Å². The van der Waals surface area contributed by atoms with Crippen molar-refractivity contribution in [2.24, 2.45) is 0 Å². The average Bonchev–Trinajstić information content (AvgIpc) is 2.97. The first-order valence-electron chi connectivity index (χ1n) is 16.2. The van der Waals surface area contributed by atoms with Gasteiger partial charge in [-0.3, -0.25) is 18.6 Å². The van der Waals surface area contributed by atoms with Gasteiger partial charge in [0, 0.05) is 12.8 Å². The maximum atomic E-state index is 12.2. The fourth-order valence-electron chi connectivity index (χ4n) is 4.19. The number of allylic oxidation sites excluding steroid dienone is 2. The number of amides is 1. The van der Waals surface area contributed by atoms with Crippen LogP contribution in [0.3, 0.4) is 0 Å². The van der Waals surface area contributed by atoms with Gasteiger partial charge in [-0.1, -0.05) is 96.6 Å². The van der Waals surface area contributed by atoms with Gasteiger partial charge in [0.25, 0.3) is 0 Å². The first-order chi connectivity index (χ1) is 20.6. The number of aliphatic hydroxyl groups excluding tert-OH is 1. The molecule has 0 aromatic rings. The maximum absolute atomic E-state index is 12.2. The number of phosphoric acid groups is 1. The fourth-order valence-corrected chi connectivity index (χ4v) is 4.96. The molecule has 12 heteroatoms. The lowest BCUT2D eigenvalue weighted by Gasteiger charge is -2.18. The Morgan fingerprint density at radius 2 is 1.21 bits per heavy atom. The summed E-state index contributed by atoms with van der Waals surface area (Å²) in [4.78, 5) is 45.2. The summed E-state index contributed by atoms with van der Waals surface area (Å²) in [5.41, 5.74) is 0. The number of carboxylic acids is 1. The van der Waals surface area contributed by atoms with E-state index in [1.54, 1.807) is 0 Å². The van der Waals surface area contributed by atoms with Crippen molar-refractivity contribution in [1.29, 1.82) is 0 Å². The van der Waals surface area contributed by atoms with Gasteiger partial charge in [-0.25, -0.2) is 9.36 Å². The monoisotopic (exact) mass is 635 g/mol. The van der Waals surface area contributed by atoms with Crippen LogP contribution in [0.5, 0.6) is 0 Å². The summed E-state index contributed by atoms with van der Waals surface area (Å²) in [6.07, 6.45) is 21.6. The number of carboxylic acid groups (broad SMARTS) is 1. The highest BCUT2D eigenvalue weighted by atomic mass is 31.2. The van der Waals surface area contributed by atoms with E-state index in [9.17, 15) is 34.1 Å². The Hall–Kier alpha value is -1.78. The Labute approximate surface area is 258 Å². The van der Waals surface area contributed by atoms with Crippen LogP contribution in [0.1, 0.15) is 136 Å². The van der Waals surface area contributed by atoms with Gasteiger partial charge in [0.2, 0.25) is 5.91 Å². The molecule has 0 bridgehead atoms. The number of aliphatic hydroxyl groups is 1. The predicted octanol–water partition coefficient (Wildman–Crippen LogP) is 6.60. The topological polar surface area (TPSA) is 169 Å². The molecule has 0 aliphatic carbocycles. The zero-order chi connectivity index (χ0) is 32.2. The van der Waals surface area contributed by atoms with Gasteiger partial charge in [-0.2, -0.15) is 0 Å². The minimum atomic E-state index is -4.73. The van der Waals surface area contributed by atoms with Gasteiger partial charge in [0.15, 0.2) is 6.04 Å². The van der Waals surface area contributed by atoms with Crippen LogP contribution in [0.4, 0.5) is 0 Å². The lowest BCUT2D eigenvalue weighted by molar-refractivity contribution is -0.147. The molecule has 0 radical (unpaired) electrons. The molecule has 0 heterocycles. The number of carbonyl (C=O) groups is 3. The van der Waals surface area contributed by atoms with Crippen LogP contribution in [0.25, 0.3) is 0 Å². The third kappa shape index (κ3) is 27.5. The Kier molecular flexibility index (Phi) is 26.6. The van der Waals surface area contributed by atoms with E-state index in [1.807, 2.05) is 0 Å². The number of unbranched alkanes of at least 4 members (excludes halogenated alkanes) is 14. The van der Waals surface area contributed by atoms with Gasteiger partial charge < -0.3 is 25.2 Å². The lowest BCUT2D eigenvalue weighted by atomic mass is 10.1. The summed E-state index contributed by atoms with van der Waals surface area (Å²) in [6, 6.07) is -1.54. The highest BCUT2D eigenvalue weighted by molar-refractivity contribution is 7.47. The smallest absolute Gasteiger partial charge is 0.472 e. The molecule has 0 fully saturated rings. The molecule has 3 unspecified atom stereocenters. The van der Waals surface area contributed by atoms with Gasteiger partial charge in [-0.05, 0) is 38.5 Å². The minimum Gasteiger partial charge on any atom is -0.480 e. The van der Waals surface area contributed by atoms with Crippen LogP contribution in [-0.2, 0) is 32.7 Å². The SMILES string of the molecule is CCCCCCC/C=C\CCCCCCCC(=O)NC(COP(=O)(O)OCC(O)COC(=O)CCCCCCC)C(=O)O. The molecule has 0 aliphatic heterocycles. The first kappa shape index (κ1) is 41.2. The van der Waals surface area contributed by atoms with Crippen LogP contribution in [0.15, 0.2) is 12.2 Å². The van der Waals surface area contributed by atoms with E-state index in [0.717, 1.165) is 64.2 Å². The molecule has 0 saturated carbocycles. The molecule has 0 aliphatic rings. The number of nitrogens with one attached hydrogen (secondary N) is 1. The zero-order valence-corrected chi connectivity index (χ0v) is 27.4. The molecule has 1 amide bonds. The number of hydrogen-bond donors (Lipinski definition) is 4. The second-order valence-corrected chi connectivity index (χ2v) is 12.5. The van der Waals surface area contributed by atoms with E-state index < -0.39 is 57.6 Å². The summed E-state index contributed by atoms with van der Waals surface area (Å²) >= 11 is 0. The van der Waals surface area contributed by atoms with Crippen molar-refractivity contribution >= 4 is 25.7 Å². The Morgan fingerprint density at radius 3 is 1.77 bits per heavy atom. The van der Waals surface area contributed by atoms with Crippen LogP contribution >= 0.6 is 7.82 Å². The summed E-state index contributed by atoms with van der Waals surface area (Å²) < 4.78 is 26.4. The summed E-state index contributed by atoms with van der Waals surface area (Å²) in [6.45, 7) is 2.42. The molecule has 0 spiro atoms. The Bertz CT molecular complexity index is 807. The van der Waals surface area contributed by atoms with Crippen molar-refractivity contribution < 1.29 is 47.8 Å². The minimum absolute atomic E-state index is 0.138. The van der Waals surface area contributed by atoms with E-state index in [4.69, 9.17) is 9.26 Å². The quantitative estimate of drug-likeness (QED) is 0.0292. The normalized spacial score (nSPS) is 14.3. The Morgan fingerprint density at radius 1 is 0.721 bits per heavy atom. The van der Waals surface area contributed by atoms with Gasteiger partial charge in [-0.15, -0.1) is 0 Å². The van der Waals surface area contributed by atoms with Gasteiger partial charge in [0.05, 0.1) is 13.2 Å². The molecular formula is C31H58NO10P. The molecule has 11 nitrogen and oxygen atoms in total. The molecule has 0 aromatic heterocycles. The summed E-state index contributed by atoms with van der Waals surface area (Å²) in [5.74, 6) is -2.40. The predicted molar refractivity (Wildman–Crippen MR) is 166 cm³/mol. The molecule has 4 N–H and O–H groups in total. The molecule has 43 heavy (non-hydrogen) atoms. The largest absolute Gasteiger partial charge is 0.480 e. The van der Waals surface area contributed by atoms with Crippen molar-refractivity contribution in [3.8, 4) is 0 Å². The molecular weight excluding hydrogens is 577 g/mol. The molecule has 252 valence electrons. The van der Waals surface area contributed by atoms with E-state index in [1.165, 1.54) is 32.1 Å². The number of ether oxygens (including phenoxy) is 1. The lowest BCUT2D eigenvalue weighted by Crippen LogP contribution is -2.43. The van der Waals surface area contributed by atoms with E-state index in [-0.39, 0.29) is 12.8 Å². The van der Waals surface area contributed by atoms with Crippen molar-refractivity contribution in [2.45, 2.75) is 148 Å². The third-order valence-corrected chi connectivity index (χ3v) is 7.76. The molecule has 3 atom stereocenters. The second kappa shape index (κ2) is 27.7. The number of rotatable bonds is 30. The van der Waals surface area contributed by atoms with Crippen LogP contribution in [-0.4, -0.2) is 64.9 Å². The first-order valence-corrected chi connectivity index (χ1v) is 17.7. The standard InChI is InChI=1S/C31H58NO10P/c1-3-5-7-9-10-11-12-13-14-15-16-17-19-20-22-29(34)32-28(31(36)37)26-42-43(38,39)41-25-27(33)24-40-30(35)23-21-18-8-6-4-2/h12-13,27-28,33H,3-11,14-26H2,1-2H3,(H,32,34)(H,36,37)(H,38,39)/b13-12-. The van der Waals surface area contributed by atoms with Crippen molar-refractivity contribution in [3.05, 3.63) is 12.2 Å². The van der Waals surface area contributed by atoms with E-state index in [0.29, 0.717) is 12.8 Å². The third-order valence-electron chi connectivity index (χ3n) is 6.80.